The van der Waals surface area contributed by atoms with Crippen LogP contribution in [0.2, 0.25) is 0 Å². The lowest BCUT2D eigenvalue weighted by atomic mass is 10.1. The van der Waals surface area contributed by atoms with Crippen LogP contribution >= 0.6 is 0 Å². The van der Waals surface area contributed by atoms with Gasteiger partial charge in [-0.2, -0.15) is 10.2 Å². The summed E-state index contributed by atoms with van der Waals surface area (Å²) in [4.78, 5) is 4.13. The van der Waals surface area contributed by atoms with Gasteiger partial charge in [0, 0.05) is 49.0 Å². The molecule has 0 aliphatic carbocycles. The summed E-state index contributed by atoms with van der Waals surface area (Å²) in [5.41, 5.74) is 7.95. The van der Waals surface area contributed by atoms with Crippen molar-refractivity contribution in [3.05, 3.63) is 83.6 Å². The van der Waals surface area contributed by atoms with Crippen molar-refractivity contribution in [1.29, 1.82) is 0 Å². The van der Waals surface area contributed by atoms with Gasteiger partial charge in [-0.25, -0.2) is 4.68 Å². The summed E-state index contributed by atoms with van der Waals surface area (Å²) in [5.74, 6) is 0. The predicted molar refractivity (Wildman–Crippen MR) is 115 cm³/mol. The Morgan fingerprint density at radius 3 is 2.41 bits per heavy atom. The van der Waals surface area contributed by atoms with Gasteiger partial charge in [-0.1, -0.05) is 18.2 Å². The Hall–Kier alpha value is -3.25. The van der Waals surface area contributed by atoms with Crippen LogP contribution in [0.5, 0.6) is 0 Å². The van der Waals surface area contributed by atoms with Gasteiger partial charge in [0.25, 0.3) is 0 Å². The molecule has 0 unspecified atom stereocenters. The van der Waals surface area contributed by atoms with Crippen molar-refractivity contribution in [1.82, 2.24) is 29.9 Å². The maximum atomic E-state index is 4.85. The number of nitrogens with zero attached hydrogens (tertiary/aromatic N) is 5. The van der Waals surface area contributed by atoms with E-state index in [-0.39, 0.29) is 0 Å². The highest BCUT2D eigenvalue weighted by molar-refractivity contribution is 5.62. The van der Waals surface area contributed by atoms with Gasteiger partial charge < -0.3 is 5.32 Å². The number of hydrogen-bond acceptors (Lipinski definition) is 4. The normalized spacial score (nSPS) is 11.1. The van der Waals surface area contributed by atoms with E-state index in [1.54, 1.807) is 0 Å². The van der Waals surface area contributed by atoms with Crippen molar-refractivity contribution in [3.8, 4) is 16.9 Å². The molecule has 0 saturated carbocycles. The monoisotopic (exact) mass is 386 g/mol. The van der Waals surface area contributed by atoms with Crippen LogP contribution in [-0.2, 0) is 20.0 Å². The summed E-state index contributed by atoms with van der Waals surface area (Å²) in [5, 5.41) is 12.9. The highest BCUT2D eigenvalue weighted by Gasteiger charge is 2.13. The van der Waals surface area contributed by atoms with Crippen LogP contribution in [0.1, 0.15) is 22.5 Å². The van der Waals surface area contributed by atoms with Crippen LogP contribution in [0, 0.1) is 13.8 Å². The van der Waals surface area contributed by atoms with Crippen LogP contribution in [0.25, 0.3) is 16.9 Å². The van der Waals surface area contributed by atoms with Crippen LogP contribution < -0.4 is 5.32 Å². The molecule has 0 saturated heterocycles. The maximum Gasteiger partial charge on any atom is 0.0973 e. The summed E-state index contributed by atoms with van der Waals surface area (Å²) < 4.78 is 3.90. The Balaban J connectivity index is 1.52. The molecule has 0 amide bonds. The molecular formula is C23H26N6. The summed E-state index contributed by atoms with van der Waals surface area (Å²) in [6.07, 6.45) is 6.69. The van der Waals surface area contributed by atoms with Gasteiger partial charge in [-0.05, 0) is 56.6 Å². The first-order chi connectivity index (χ1) is 14.1. The number of pyridine rings is 1. The molecule has 1 N–H and O–H groups in total. The Kier molecular flexibility index (Phi) is 5.53. The third-order valence-electron chi connectivity index (χ3n) is 5.29. The van der Waals surface area contributed by atoms with Gasteiger partial charge in [0.15, 0.2) is 0 Å². The quantitative estimate of drug-likeness (QED) is 0.493. The average Bonchev–Trinajstić information content (AvgIpc) is 3.28. The van der Waals surface area contributed by atoms with E-state index < -0.39 is 0 Å². The van der Waals surface area contributed by atoms with E-state index in [0.717, 1.165) is 42.1 Å². The highest BCUT2D eigenvalue weighted by atomic mass is 15.3. The van der Waals surface area contributed by atoms with Crippen LogP contribution in [0.15, 0.2) is 61.1 Å². The Morgan fingerprint density at radius 1 is 0.966 bits per heavy atom. The maximum absolute atomic E-state index is 4.85. The number of hydrogen-bond donors (Lipinski definition) is 1. The third kappa shape index (κ3) is 4.12. The van der Waals surface area contributed by atoms with Gasteiger partial charge in [0.1, 0.15) is 0 Å². The third-order valence-corrected chi connectivity index (χ3v) is 5.29. The van der Waals surface area contributed by atoms with E-state index in [4.69, 9.17) is 5.10 Å². The van der Waals surface area contributed by atoms with E-state index >= 15 is 0 Å². The van der Waals surface area contributed by atoms with Gasteiger partial charge >= 0.3 is 0 Å². The summed E-state index contributed by atoms with van der Waals surface area (Å²) in [6.45, 7) is 5.84. The molecule has 6 nitrogen and oxygen atoms in total. The zero-order valence-corrected chi connectivity index (χ0v) is 17.1. The van der Waals surface area contributed by atoms with E-state index in [1.807, 2.05) is 59.1 Å². The molecule has 0 fully saturated rings. The number of nitrogens with one attached hydrogen (secondary N) is 1. The molecule has 4 rings (SSSR count). The topological polar surface area (TPSA) is 60.6 Å². The molecule has 29 heavy (non-hydrogen) atoms. The lowest BCUT2D eigenvalue weighted by molar-refractivity contribution is 0.682. The summed E-state index contributed by atoms with van der Waals surface area (Å²) in [7, 11) is 2.00. The second kappa shape index (κ2) is 8.41. The van der Waals surface area contributed by atoms with Crippen molar-refractivity contribution in [2.24, 2.45) is 7.05 Å². The van der Waals surface area contributed by atoms with Crippen molar-refractivity contribution in [2.75, 3.05) is 6.54 Å². The van der Waals surface area contributed by atoms with Gasteiger partial charge in [-0.15, -0.1) is 0 Å². The lowest BCUT2D eigenvalue weighted by Crippen LogP contribution is -2.17. The van der Waals surface area contributed by atoms with Crippen molar-refractivity contribution >= 4 is 0 Å². The number of aryl methyl sites for hydroxylation is 2. The molecule has 0 radical (unpaired) electrons. The lowest BCUT2D eigenvalue weighted by Gasteiger charge is -2.06. The molecule has 3 heterocycles. The molecule has 0 aliphatic heterocycles. The zero-order valence-electron chi connectivity index (χ0n) is 17.1. The van der Waals surface area contributed by atoms with E-state index in [0.29, 0.717) is 0 Å². The molecule has 1 aromatic carbocycles. The van der Waals surface area contributed by atoms with Crippen molar-refractivity contribution in [2.45, 2.75) is 26.8 Å². The zero-order chi connectivity index (χ0) is 20.2. The first-order valence-electron chi connectivity index (χ1n) is 9.87. The molecule has 3 aromatic heterocycles. The van der Waals surface area contributed by atoms with Crippen LogP contribution in [0.4, 0.5) is 0 Å². The summed E-state index contributed by atoms with van der Waals surface area (Å²) in [6, 6.07) is 14.2. The number of benzene rings is 1. The molecule has 0 atom stereocenters. The molecule has 0 bridgehead atoms. The fourth-order valence-corrected chi connectivity index (χ4v) is 3.62. The molecule has 0 spiro atoms. The molecule has 0 aliphatic rings. The molecular weight excluding hydrogens is 360 g/mol. The van der Waals surface area contributed by atoms with Gasteiger partial charge in [0.05, 0.1) is 17.1 Å². The van der Waals surface area contributed by atoms with Crippen molar-refractivity contribution < 1.29 is 0 Å². The molecule has 148 valence electrons. The van der Waals surface area contributed by atoms with E-state index in [1.165, 1.54) is 16.8 Å². The highest BCUT2D eigenvalue weighted by Crippen LogP contribution is 2.23. The second-order valence-electron chi connectivity index (χ2n) is 7.22. The minimum Gasteiger partial charge on any atom is -0.312 e. The molecule has 4 aromatic rings. The van der Waals surface area contributed by atoms with Crippen LogP contribution in [-0.4, -0.2) is 31.1 Å². The Bertz CT molecular complexity index is 1080. The minimum absolute atomic E-state index is 0.753. The standard InChI is InChI=1S/C23H26N6/c1-17-22(18(2)28(3)26-17)11-14-25-15-20-16-29(21-7-5-4-6-8-21)27-23(20)19-9-12-24-13-10-19/h4-10,12-13,16,25H,11,14-15H2,1-3H3. The summed E-state index contributed by atoms with van der Waals surface area (Å²) >= 11 is 0. The second-order valence-corrected chi connectivity index (χ2v) is 7.22. The molecule has 6 heteroatoms. The Morgan fingerprint density at radius 2 is 1.72 bits per heavy atom. The van der Waals surface area contributed by atoms with E-state index in [9.17, 15) is 0 Å². The number of para-hydroxylation sites is 1. The van der Waals surface area contributed by atoms with Crippen molar-refractivity contribution in [3.63, 3.8) is 0 Å². The largest absolute Gasteiger partial charge is 0.312 e. The number of rotatable bonds is 7. The fourth-order valence-electron chi connectivity index (χ4n) is 3.62. The first kappa shape index (κ1) is 19.1. The predicted octanol–water partition coefficient (Wildman–Crippen LogP) is 3.62. The number of aromatic nitrogens is 5. The van der Waals surface area contributed by atoms with Gasteiger partial charge in [0.2, 0.25) is 0 Å². The SMILES string of the molecule is Cc1nn(C)c(C)c1CCNCc1cn(-c2ccccc2)nc1-c1ccncc1. The van der Waals surface area contributed by atoms with Gasteiger partial charge in [-0.3, -0.25) is 9.67 Å². The van der Waals surface area contributed by atoms with Crippen LogP contribution in [0.3, 0.4) is 0 Å². The Labute approximate surface area is 171 Å². The average molecular weight is 387 g/mol. The smallest absolute Gasteiger partial charge is 0.0973 e. The first-order valence-corrected chi connectivity index (χ1v) is 9.87. The van der Waals surface area contributed by atoms with E-state index in [2.05, 4.69) is 47.6 Å². The fraction of sp³-hybridized carbons (Fsp3) is 0.261. The minimum atomic E-state index is 0.753.